The normalized spacial score (nSPS) is 25.7. The fraction of sp³-hybridized carbons (Fsp3) is 0.559. The van der Waals surface area contributed by atoms with Crippen molar-refractivity contribution < 1.29 is 28.2 Å². The second-order valence-corrected chi connectivity index (χ2v) is 13.2. The Bertz CT molecular complexity index is 1330. The smallest absolute Gasteiger partial charge is 0.305 e. The number of methoxy groups -OCH3 is 1. The van der Waals surface area contributed by atoms with Crippen LogP contribution < -0.4 is 4.72 Å². The van der Waals surface area contributed by atoms with Crippen LogP contribution in [0.15, 0.2) is 59.0 Å². The Morgan fingerprint density at radius 2 is 2.00 bits per heavy atom. The standard InChI is InChI=1S/C34H45NO6S/c1-4-5-14-26(2)31(36)20-19-29-30-23-27(15-10-11-18-33(38)41-3)24-34(30,25-32(29)37)21-12-7-13-22-35-42(39,40)28-16-8-6-9-17-28/h6,8-9,15-17,19-20,26,29-32,35-37H,7,10-11,13-14,18,22-25H2,1-3H3/b20-19+,27-15+/t26?,29-,30-,31-,32-,34+/m1/s1. The van der Waals surface area contributed by atoms with Gasteiger partial charge in [0.2, 0.25) is 10.0 Å². The first-order chi connectivity index (χ1) is 20.1. The van der Waals surface area contributed by atoms with E-state index in [1.54, 1.807) is 43.3 Å². The van der Waals surface area contributed by atoms with Gasteiger partial charge in [-0.05, 0) is 69.4 Å². The molecule has 42 heavy (non-hydrogen) atoms. The fourth-order valence-corrected chi connectivity index (χ4v) is 7.07. The summed E-state index contributed by atoms with van der Waals surface area (Å²) in [6.07, 6.45) is 10.5. The maximum Gasteiger partial charge on any atom is 0.305 e. The highest BCUT2D eigenvalue weighted by Gasteiger charge is 2.55. The molecule has 0 aliphatic heterocycles. The van der Waals surface area contributed by atoms with Crippen LogP contribution in [0.3, 0.4) is 0 Å². The number of esters is 1. The van der Waals surface area contributed by atoms with Gasteiger partial charge >= 0.3 is 5.97 Å². The molecule has 8 heteroatoms. The molecule has 1 unspecified atom stereocenters. The largest absolute Gasteiger partial charge is 0.469 e. The summed E-state index contributed by atoms with van der Waals surface area (Å²) >= 11 is 0. The molecule has 0 spiro atoms. The Kier molecular flexibility index (Phi) is 12.9. The summed E-state index contributed by atoms with van der Waals surface area (Å²) in [5.74, 6) is 12.5. The molecule has 1 aromatic rings. The number of sulfonamides is 1. The van der Waals surface area contributed by atoms with E-state index in [1.165, 1.54) is 12.7 Å². The van der Waals surface area contributed by atoms with Crippen molar-refractivity contribution >= 4 is 16.0 Å². The van der Waals surface area contributed by atoms with Crippen LogP contribution in [0, 0.1) is 46.9 Å². The van der Waals surface area contributed by atoms with E-state index in [0.717, 1.165) is 25.7 Å². The number of hydrogen-bond donors (Lipinski definition) is 3. The summed E-state index contributed by atoms with van der Waals surface area (Å²) in [5.41, 5.74) is 0.906. The summed E-state index contributed by atoms with van der Waals surface area (Å²) < 4.78 is 32.3. The van der Waals surface area contributed by atoms with E-state index >= 15 is 0 Å². The Labute approximate surface area is 251 Å². The van der Waals surface area contributed by atoms with E-state index in [1.807, 2.05) is 13.0 Å². The van der Waals surface area contributed by atoms with Gasteiger partial charge in [-0.1, -0.05) is 54.8 Å². The van der Waals surface area contributed by atoms with Crippen LogP contribution >= 0.6 is 0 Å². The second kappa shape index (κ2) is 16.1. The average molecular weight is 596 g/mol. The van der Waals surface area contributed by atoms with Crippen LogP contribution in [0.1, 0.15) is 71.6 Å². The van der Waals surface area contributed by atoms with Gasteiger partial charge in [0.05, 0.1) is 24.2 Å². The van der Waals surface area contributed by atoms with E-state index in [-0.39, 0.29) is 34.0 Å². The van der Waals surface area contributed by atoms with Crippen LogP contribution in [0.25, 0.3) is 0 Å². The third-order valence-corrected chi connectivity index (χ3v) is 9.82. The molecule has 2 fully saturated rings. The number of aliphatic hydroxyl groups excluding tert-OH is 2. The third kappa shape index (κ3) is 9.31. The van der Waals surface area contributed by atoms with Crippen molar-refractivity contribution in [2.45, 2.75) is 88.7 Å². The van der Waals surface area contributed by atoms with Crippen molar-refractivity contribution in [3.05, 3.63) is 54.1 Å². The predicted molar refractivity (Wildman–Crippen MR) is 164 cm³/mol. The maximum atomic E-state index is 12.5. The van der Waals surface area contributed by atoms with Gasteiger partial charge in [0.1, 0.15) is 0 Å². The molecule has 3 N–H and O–H groups in total. The van der Waals surface area contributed by atoms with Gasteiger partial charge in [-0.25, -0.2) is 13.1 Å². The molecule has 0 saturated heterocycles. The highest BCUT2D eigenvalue weighted by Crippen LogP contribution is 2.59. The molecule has 2 aliphatic rings. The Balaban J connectivity index is 1.68. The van der Waals surface area contributed by atoms with Crippen molar-refractivity contribution in [2.75, 3.05) is 13.7 Å². The third-order valence-electron chi connectivity index (χ3n) is 8.34. The molecule has 6 atom stereocenters. The minimum Gasteiger partial charge on any atom is -0.469 e. The van der Waals surface area contributed by atoms with Crippen LogP contribution in [0.4, 0.5) is 0 Å². The number of carbonyl (C=O) groups is 1. The zero-order valence-electron chi connectivity index (χ0n) is 25.0. The lowest BCUT2D eigenvalue weighted by molar-refractivity contribution is -0.140. The molecule has 2 aliphatic carbocycles. The molecule has 0 radical (unpaired) electrons. The Hall–Kier alpha value is -2.88. The van der Waals surface area contributed by atoms with Crippen LogP contribution in [0.2, 0.25) is 0 Å². The van der Waals surface area contributed by atoms with Crippen LogP contribution in [0.5, 0.6) is 0 Å². The number of benzene rings is 1. The van der Waals surface area contributed by atoms with Crippen LogP contribution in [-0.4, -0.2) is 50.5 Å². The van der Waals surface area contributed by atoms with Gasteiger partial charge < -0.3 is 14.9 Å². The number of aliphatic hydroxyl groups is 2. The summed E-state index contributed by atoms with van der Waals surface area (Å²) in [4.78, 5) is 11.7. The minimum atomic E-state index is -3.55. The summed E-state index contributed by atoms with van der Waals surface area (Å²) in [7, 11) is -2.15. The molecule has 3 rings (SSSR count). The van der Waals surface area contributed by atoms with E-state index in [4.69, 9.17) is 4.74 Å². The predicted octanol–water partition coefficient (Wildman–Crippen LogP) is 4.76. The van der Waals surface area contributed by atoms with E-state index in [0.29, 0.717) is 38.6 Å². The van der Waals surface area contributed by atoms with Crippen molar-refractivity contribution in [1.82, 2.24) is 4.72 Å². The zero-order valence-corrected chi connectivity index (χ0v) is 25.8. The first-order valence-corrected chi connectivity index (χ1v) is 16.3. The number of allylic oxidation sites excluding steroid dienone is 2. The fourth-order valence-electron chi connectivity index (χ4n) is 5.97. The van der Waals surface area contributed by atoms with E-state index < -0.39 is 22.2 Å². The molecular formula is C34H45NO6S. The molecule has 0 aromatic heterocycles. The van der Waals surface area contributed by atoms with Gasteiger partial charge in [0.25, 0.3) is 0 Å². The first-order valence-electron chi connectivity index (χ1n) is 14.9. The van der Waals surface area contributed by atoms with Gasteiger partial charge in [-0.2, -0.15) is 0 Å². The summed E-state index contributed by atoms with van der Waals surface area (Å²) in [6.45, 7) is 4.04. The Morgan fingerprint density at radius 3 is 2.71 bits per heavy atom. The number of ether oxygens (including phenoxy) is 1. The quantitative estimate of drug-likeness (QED) is 0.131. The SMILES string of the molecule is CC#CCC(C)[C@H](O)/C=C/[C@H]1[C@H](O)C[C@]2(C#CCCCNS(=O)(=O)c3ccccc3)C/C(=C/CCCC(=O)OC)C[C@H]12. The topological polar surface area (TPSA) is 113 Å². The van der Waals surface area contributed by atoms with Gasteiger partial charge in [0, 0.05) is 37.1 Å². The summed E-state index contributed by atoms with van der Waals surface area (Å²) in [5, 5.41) is 21.8. The Morgan fingerprint density at radius 1 is 1.24 bits per heavy atom. The average Bonchev–Trinajstić information content (AvgIpc) is 3.45. The highest BCUT2D eigenvalue weighted by molar-refractivity contribution is 7.89. The number of fused-ring (bicyclic) bond motifs is 1. The molecule has 228 valence electrons. The number of carbonyl (C=O) groups excluding carboxylic acids is 1. The van der Waals surface area contributed by atoms with Crippen molar-refractivity contribution in [1.29, 1.82) is 0 Å². The number of rotatable bonds is 13. The monoisotopic (exact) mass is 595 g/mol. The number of unbranched alkanes of at least 4 members (excludes halogenated alkanes) is 2. The lowest BCUT2D eigenvalue weighted by atomic mass is 9.78. The van der Waals surface area contributed by atoms with Gasteiger partial charge in [0.15, 0.2) is 0 Å². The molecular weight excluding hydrogens is 550 g/mol. The second-order valence-electron chi connectivity index (χ2n) is 11.4. The molecule has 7 nitrogen and oxygen atoms in total. The lowest BCUT2D eigenvalue weighted by Gasteiger charge is -2.24. The molecule has 0 heterocycles. The zero-order chi connectivity index (χ0) is 30.6. The maximum absolute atomic E-state index is 12.5. The van der Waals surface area contributed by atoms with E-state index in [2.05, 4.69) is 34.5 Å². The van der Waals surface area contributed by atoms with Crippen LogP contribution in [-0.2, 0) is 19.6 Å². The lowest BCUT2D eigenvalue weighted by Crippen LogP contribution is -2.24. The van der Waals surface area contributed by atoms with Gasteiger partial charge in [-0.15, -0.1) is 17.8 Å². The van der Waals surface area contributed by atoms with E-state index in [9.17, 15) is 23.4 Å². The number of nitrogens with one attached hydrogen (secondary N) is 1. The highest BCUT2D eigenvalue weighted by atomic mass is 32.2. The first kappa shape index (κ1) is 33.6. The number of hydrogen-bond acceptors (Lipinski definition) is 6. The molecule has 2 saturated carbocycles. The summed E-state index contributed by atoms with van der Waals surface area (Å²) in [6, 6.07) is 8.30. The minimum absolute atomic E-state index is 0.00930. The van der Waals surface area contributed by atoms with Crippen molar-refractivity contribution in [2.24, 2.45) is 23.2 Å². The molecule has 0 bridgehead atoms. The van der Waals surface area contributed by atoms with Gasteiger partial charge in [-0.3, -0.25) is 4.79 Å². The molecule has 1 aromatic carbocycles. The van der Waals surface area contributed by atoms with Crippen molar-refractivity contribution in [3.8, 4) is 23.7 Å². The molecule has 0 amide bonds. The van der Waals surface area contributed by atoms with Crippen molar-refractivity contribution in [3.63, 3.8) is 0 Å².